The van der Waals surface area contributed by atoms with Crippen LogP contribution in [0.5, 0.6) is 0 Å². The molecule has 0 fully saturated rings. The van der Waals surface area contributed by atoms with Crippen molar-refractivity contribution in [3.05, 3.63) is 22.6 Å². The molecule has 7 heteroatoms. The summed E-state index contributed by atoms with van der Waals surface area (Å²) in [6, 6.07) is 1.95. The third-order valence-electron chi connectivity index (χ3n) is 2.89. The standard InChI is InChI=1S/C13H18BrClN4O/c1-18(2)3-5-20-6-4-19-12(8-15)17-11-7-10(14)9-16-13(11)19/h7,9H,3-6,8H2,1-2H3. The normalized spacial score (nSPS) is 11.7. The first kappa shape index (κ1) is 15.7. The minimum Gasteiger partial charge on any atom is -0.378 e. The van der Waals surface area contributed by atoms with E-state index in [1.54, 1.807) is 6.20 Å². The molecule has 20 heavy (non-hydrogen) atoms. The van der Waals surface area contributed by atoms with Crippen molar-refractivity contribution in [1.82, 2.24) is 19.4 Å². The second-order valence-corrected chi connectivity index (χ2v) is 5.91. The van der Waals surface area contributed by atoms with E-state index in [9.17, 15) is 0 Å². The van der Waals surface area contributed by atoms with Crippen molar-refractivity contribution >= 4 is 38.7 Å². The summed E-state index contributed by atoms with van der Waals surface area (Å²) in [6.45, 7) is 2.97. The summed E-state index contributed by atoms with van der Waals surface area (Å²) in [6.07, 6.45) is 1.77. The van der Waals surface area contributed by atoms with E-state index >= 15 is 0 Å². The van der Waals surface area contributed by atoms with Gasteiger partial charge >= 0.3 is 0 Å². The van der Waals surface area contributed by atoms with E-state index in [2.05, 4.69) is 30.8 Å². The maximum Gasteiger partial charge on any atom is 0.160 e. The lowest BCUT2D eigenvalue weighted by Gasteiger charge is -2.11. The quantitative estimate of drug-likeness (QED) is 0.561. The maximum atomic E-state index is 5.95. The lowest BCUT2D eigenvalue weighted by molar-refractivity contribution is 0.111. The fourth-order valence-corrected chi connectivity index (χ4v) is 2.40. The summed E-state index contributed by atoms with van der Waals surface area (Å²) < 4.78 is 8.55. The molecule has 0 saturated heterocycles. The molecular formula is C13H18BrClN4O. The summed E-state index contributed by atoms with van der Waals surface area (Å²) >= 11 is 9.36. The fraction of sp³-hybridized carbons (Fsp3) is 0.538. The highest BCUT2D eigenvalue weighted by atomic mass is 79.9. The van der Waals surface area contributed by atoms with Gasteiger partial charge in [-0.05, 0) is 36.1 Å². The summed E-state index contributed by atoms with van der Waals surface area (Å²) in [5, 5.41) is 0. The van der Waals surface area contributed by atoms with Crippen LogP contribution in [0.1, 0.15) is 5.82 Å². The van der Waals surface area contributed by atoms with E-state index in [4.69, 9.17) is 16.3 Å². The molecule has 110 valence electrons. The van der Waals surface area contributed by atoms with Gasteiger partial charge < -0.3 is 14.2 Å². The fourth-order valence-electron chi connectivity index (χ4n) is 1.88. The Labute approximate surface area is 132 Å². The van der Waals surface area contributed by atoms with Gasteiger partial charge in [-0.1, -0.05) is 0 Å². The molecule has 0 aliphatic rings. The van der Waals surface area contributed by atoms with Crippen molar-refractivity contribution in [2.24, 2.45) is 0 Å². The van der Waals surface area contributed by atoms with Gasteiger partial charge in [0.25, 0.3) is 0 Å². The largest absolute Gasteiger partial charge is 0.378 e. The molecule has 2 aromatic heterocycles. The van der Waals surface area contributed by atoms with Crippen LogP contribution in [-0.2, 0) is 17.2 Å². The van der Waals surface area contributed by atoms with Gasteiger partial charge in [-0.15, -0.1) is 11.6 Å². The van der Waals surface area contributed by atoms with Crippen molar-refractivity contribution in [1.29, 1.82) is 0 Å². The Balaban J connectivity index is 2.04. The summed E-state index contributed by atoms with van der Waals surface area (Å²) in [5.41, 5.74) is 1.70. The molecule has 2 aromatic rings. The second-order valence-electron chi connectivity index (χ2n) is 4.73. The average molecular weight is 362 g/mol. The Hall–Kier alpha value is -0.690. The highest BCUT2D eigenvalue weighted by molar-refractivity contribution is 9.10. The second kappa shape index (κ2) is 7.36. The van der Waals surface area contributed by atoms with Gasteiger partial charge in [0.2, 0.25) is 0 Å². The summed E-state index contributed by atoms with van der Waals surface area (Å²) in [5.74, 6) is 1.19. The molecule has 0 N–H and O–H groups in total. The minimum atomic E-state index is 0.367. The van der Waals surface area contributed by atoms with E-state index in [-0.39, 0.29) is 0 Å². The van der Waals surface area contributed by atoms with Crippen LogP contribution in [0, 0.1) is 0 Å². The van der Waals surface area contributed by atoms with Crippen LogP contribution in [0.15, 0.2) is 16.7 Å². The molecule has 0 aromatic carbocycles. The molecule has 0 radical (unpaired) electrons. The van der Waals surface area contributed by atoms with Gasteiger partial charge in [0.1, 0.15) is 11.3 Å². The average Bonchev–Trinajstić information content (AvgIpc) is 2.75. The number of alkyl halides is 1. The summed E-state index contributed by atoms with van der Waals surface area (Å²) in [7, 11) is 4.06. The Bertz CT molecular complexity index is 573. The zero-order valence-electron chi connectivity index (χ0n) is 11.6. The van der Waals surface area contributed by atoms with Gasteiger partial charge in [-0.3, -0.25) is 0 Å². The lowest BCUT2D eigenvalue weighted by atomic mass is 10.4. The van der Waals surface area contributed by atoms with Crippen molar-refractivity contribution in [2.45, 2.75) is 12.4 Å². The van der Waals surface area contributed by atoms with Crippen LogP contribution in [0.2, 0.25) is 0 Å². The van der Waals surface area contributed by atoms with Gasteiger partial charge in [0, 0.05) is 23.8 Å². The van der Waals surface area contributed by atoms with Crippen LogP contribution in [-0.4, -0.2) is 53.3 Å². The van der Waals surface area contributed by atoms with E-state index in [1.807, 2.05) is 24.7 Å². The zero-order valence-corrected chi connectivity index (χ0v) is 14.0. The highest BCUT2D eigenvalue weighted by Crippen LogP contribution is 2.19. The van der Waals surface area contributed by atoms with Gasteiger partial charge in [-0.2, -0.15) is 0 Å². The van der Waals surface area contributed by atoms with Crippen LogP contribution in [0.3, 0.4) is 0 Å². The minimum absolute atomic E-state index is 0.367. The third-order valence-corrected chi connectivity index (χ3v) is 3.56. The molecule has 0 aliphatic carbocycles. The molecule has 0 spiro atoms. The molecule has 2 heterocycles. The van der Waals surface area contributed by atoms with Gasteiger partial charge in [0.05, 0.1) is 19.1 Å². The van der Waals surface area contributed by atoms with Gasteiger partial charge in [-0.25, -0.2) is 9.97 Å². The molecule has 0 unspecified atom stereocenters. The molecule has 0 saturated carbocycles. The topological polar surface area (TPSA) is 43.2 Å². The van der Waals surface area contributed by atoms with Crippen molar-refractivity contribution in [2.75, 3.05) is 33.9 Å². The van der Waals surface area contributed by atoms with Gasteiger partial charge in [0.15, 0.2) is 5.65 Å². The summed E-state index contributed by atoms with van der Waals surface area (Å²) in [4.78, 5) is 11.0. The van der Waals surface area contributed by atoms with Crippen LogP contribution >= 0.6 is 27.5 Å². The number of imidazole rings is 1. The number of halogens is 2. The number of hydrogen-bond acceptors (Lipinski definition) is 4. The molecule has 0 aliphatic heterocycles. The monoisotopic (exact) mass is 360 g/mol. The smallest absolute Gasteiger partial charge is 0.160 e. The predicted octanol–water partition coefficient (Wildman–Crippen LogP) is 2.51. The first-order chi connectivity index (χ1) is 9.61. The first-order valence-electron chi connectivity index (χ1n) is 6.41. The van der Waals surface area contributed by atoms with E-state index < -0.39 is 0 Å². The molecule has 5 nitrogen and oxygen atoms in total. The number of likely N-dealkylation sites (N-methyl/N-ethyl adjacent to an activating group) is 1. The van der Waals surface area contributed by atoms with Crippen LogP contribution < -0.4 is 0 Å². The van der Waals surface area contributed by atoms with Crippen molar-refractivity contribution < 1.29 is 4.74 Å². The number of fused-ring (bicyclic) bond motifs is 1. The number of rotatable bonds is 7. The molecule has 2 rings (SSSR count). The Morgan fingerprint density at radius 2 is 2.20 bits per heavy atom. The van der Waals surface area contributed by atoms with Crippen molar-refractivity contribution in [3.63, 3.8) is 0 Å². The number of aromatic nitrogens is 3. The van der Waals surface area contributed by atoms with Crippen LogP contribution in [0.4, 0.5) is 0 Å². The number of pyridine rings is 1. The Morgan fingerprint density at radius 3 is 2.90 bits per heavy atom. The number of hydrogen-bond donors (Lipinski definition) is 0. The third kappa shape index (κ3) is 3.91. The predicted molar refractivity (Wildman–Crippen MR) is 84.2 cm³/mol. The molecule has 0 atom stereocenters. The Kier molecular flexibility index (Phi) is 5.77. The van der Waals surface area contributed by atoms with Crippen molar-refractivity contribution in [3.8, 4) is 0 Å². The van der Waals surface area contributed by atoms with Crippen LogP contribution in [0.25, 0.3) is 11.2 Å². The molecule has 0 amide bonds. The SMILES string of the molecule is CN(C)CCOCCn1c(CCl)nc2cc(Br)cnc21. The van der Waals surface area contributed by atoms with E-state index in [1.165, 1.54) is 0 Å². The lowest BCUT2D eigenvalue weighted by Crippen LogP contribution is -2.19. The molecular weight excluding hydrogens is 344 g/mol. The maximum absolute atomic E-state index is 5.95. The first-order valence-corrected chi connectivity index (χ1v) is 7.73. The van der Waals surface area contributed by atoms with E-state index in [0.29, 0.717) is 19.0 Å². The molecule has 0 bridgehead atoms. The highest BCUT2D eigenvalue weighted by Gasteiger charge is 2.11. The van der Waals surface area contributed by atoms with E-state index in [0.717, 1.165) is 34.6 Å². The number of nitrogens with zero attached hydrogens (tertiary/aromatic N) is 4. The number of ether oxygens (including phenoxy) is 1. The Morgan fingerprint density at radius 1 is 1.40 bits per heavy atom. The zero-order chi connectivity index (χ0) is 14.5.